The molecule has 1 aromatic heterocycles. The van der Waals surface area contributed by atoms with E-state index in [4.69, 9.17) is 5.73 Å². The van der Waals surface area contributed by atoms with Crippen molar-refractivity contribution in [1.82, 2.24) is 4.57 Å². The molecule has 1 aliphatic carbocycles. The molecule has 2 heteroatoms. The van der Waals surface area contributed by atoms with Crippen molar-refractivity contribution >= 4 is 10.9 Å². The summed E-state index contributed by atoms with van der Waals surface area (Å²) in [6.07, 6.45) is 3.29. The van der Waals surface area contributed by atoms with Crippen molar-refractivity contribution in [2.24, 2.45) is 12.8 Å². The lowest BCUT2D eigenvalue weighted by molar-refractivity contribution is 0.558. The molecule has 1 heterocycles. The van der Waals surface area contributed by atoms with Gasteiger partial charge in [-0.2, -0.15) is 0 Å². The molecule has 1 aliphatic rings. The summed E-state index contributed by atoms with van der Waals surface area (Å²) >= 11 is 0. The Morgan fingerprint density at radius 1 is 1.29 bits per heavy atom. The Hall–Kier alpha value is -1.28. The van der Waals surface area contributed by atoms with E-state index in [-0.39, 0.29) is 0 Å². The van der Waals surface area contributed by atoms with Crippen LogP contribution < -0.4 is 5.73 Å². The molecule has 90 valence electrons. The first-order valence-corrected chi connectivity index (χ1v) is 6.41. The molecule has 3 rings (SSSR count). The maximum atomic E-state index is 6.09. The zero-order valence-corrected chi connectivity index (χ0v) is 10.9. The Morgan fingerprint density at radius 3 is 2.82 bits per heavy atom. The highest BCUT2D eigenvalue weighted by Gasteiger charge is 2.22. The summed E-state index contributed by atoms with van der Waals surface area (Å²) in [5, 5.41) is 1.45. The Bertz CT molecular complexity index is 593. The van der Waals surface area contributed by atoms with Gasteiger partial charge in [-0.3, -0.25) is 0 Å². The first-order valence-electron chi connectivity index (χ1n) is 6.41. The summed E-state index contributed by atoms with van der Waals surface area (Å²) < 4.78 is 2.36. The van der Waals surface area contributed by atoms with Gasteiger partial charge in [-0.25, -0.2) is 0 Å². The average molecular weight is 228 g/mol. The van der Waals surface area contributed by atoms with E-state index in [1.165, 1.54) is 33.3 Å². The van der Waals surface area contributed by atoms with Gasteiger partial charge in [0.15, 0.2) is 0 Å². The molecule has 1 atom stereocenters. The van der Waals surface area contributed by atoms with Crippen LogP contribution in [0.25, 0.3) is 10.9 Å². The number of hydrogen-bond acceptors (Lipinski definition) is 1. The van der Waals surface area contributed by atoms with Crippen LogP contribution in [-0.2, 0) is 19.9 Å². The number of aryl methyl sites for hydroxylation is 4. The summed E-state index contributed by atoms with van der Waals surface area (Å²) in [6, 6.07) is 4.94. The highest BCUT2D eigenvalue weighted by Crippen LogP contribution is 2.33. The maximum absolute atomic E-state index is 6.09. The summed E-state index contributed by atoms with van der Waals surface area (Å²) in [7, 11) is 2.18. The molecule has 2 N–H and O–H groups in total. The van der Waals surface area contributed by atoms with Crippen molar-refractivity contribution < 1.29 is 0 Å². The molecule has 0 amide bonds. The smallest absolute Gasteiger partial charge is 0.0512 e. The monoisotopic (exact) mass is 228 g/mol. The first-order chi connectivity index (χ1) is 8.08. The predicted molar refractivity (Wildman–Crippen MR) is 72.4 cm³/mol. The molecule has 0 bridgehead atoms. The molecule has 2 aromatic rings. The Kier molecular flexibility index (Phi) is 2.30. The van der Waals surface area contributed by atoms with Crippen LogP contribution in [-0.4, -0.2) is 10.6 Å². The highest BCUT2D eigenvalue weighted by molar-refractivity contribution is 5.89. The number of nitrogens with two attached hydrogens (primary N) is 1. The minimum Gasteiger partial charge on any atom is -0.347 e. The van der Waals surface area contributed by atoms with Crippen LogP contribution in [0.2, 0.25) is 0 Å². The molecular formula is C15H20N2. The molecular weight excluding hydrogens is 208 g/mol. The molecule has 0 spiro atoms. The Morgan fingerprint density at radius 2 is 2.06 bits per heavy atom. The summed E-state index contributed by atoms with van der Waals surface area (Å²) in [5.41, 5.74) is 13.2. The van der Waals surface area contributed by atoms with Crippen LogP contribution >= 0.6 is 0 Å². The topological polar surface area (TPSA) is 30.9 Å². The number of aromatic nitrogens is 1. The average Bonchev–Trinajstić information content (AvgIpc) is 2.52. The van der Waals surface area contributed by atoms with Crippen molar-refractivity contribution in [2.45, 2.75) is 39.2 Å². The SMILES string of the molecule is Cc1cc(C)c2c(c1)c1c(n2C)CC(N)CC1. The van der Waals surface area contributed by atoms with Crippen LogP contribution in [0.1, 0.15) is 28.8 Å². The van der Waals surface area contributed by atoms with E-state index in [0.29, 0.717) is 6.04 Å². The van der Waals surface area contributed by atoms with Gasteiger partial charge in [0.05, 0.1) is 5.52 Å². The van der Waals surface area contributed by atoms with Crippen molar-refractivity contribution in [3.63, 3.8) is 0 Å². The largest absolute Gasteiger partial charge is 0.347 e. The minimum atomic E-state index is 0.340. The molecule has 1 unspecified atom stereocenters. The number of nitrogens with zero attached hydrogens (tertiary/aromatic N) is 1. The number of benzene rings is 1. The fourth-order valence-electron chi connectivity index (χ4n) is 3.35. The lowest BCUT2D eigenvalue weighted by Crippen LogP contribution is -2.28. The van der Waals surface area contributed by atoms with Gasteiger partial charge < -0.3 is 10.3 Å². The predicted octanol–water partition coefficient (Wildman–Crippen LogP) is 2.61. The van der Waals surface area contributed by atoms with Gasteiger partial charge >= 0.3 is 0 Å². The van der Waals surface area contributed by atoms with Gasteiger partial charge in [-0.1, -0.05) is 11.6 Å². The van der Waals surface area contributed by atoms with Crippen molar-refractivity contribution in [3.8, 4) is 0 Å². The first kappa shape index (κ1) is 10.8. The third-order valence-corrected chi connectivity index (χ3v) is 4.08. The third-order valence-electron chi connectivity index (χ3n) is 4.08. The van der Waals surface area contributed by atoms with E-state index >= 15 is 0 Å². The van der Waals surface area contributed by atoms with Gasteiger partial charge in [-0.15, -0.1) is 0 Å². The molecule has 17 heavy (non-hydrogen) atoms. The standard InChI is InChI=1S/C15H20N2/c1-9-6-10(2)15-13(7-9)12-5-4-11(16)8-14(12)17(15)3/h6-7,11H,4-5,8,16H2,1-3H3. The maximum Gasteiger partial charge on any atom is 0.0512 e. The second-order valence-electron chi connectivity index (χ2n) is 5.47. The molecule has 2 nitrogen and oxygen atoms in total. The molecule has 1 aromatic carbocycles. The Labute approximate surface area is 102 Å². The summed E-state index contributed by atoms with van der Waals surface area (Å²) in [6.45, 7) is 4.39. The summed E-state index contributed by atoms with van der Waals surface area (Å²) in [5.74, 6) is 0. The van der Waals surface area contributed by atoms with Crippen molar-refractivity contribution in [3.05, 3.63) is 34.5 Å². The molecule has 0 aliphatic heterocycles. The van der Waals surface area contributed by atoms with Crippen LogP contribution in [0, 0.1) is 13.8 Å². The van der Waals surface area contributed by atoms with Gasteiger partial charge in [0.25, 0.3) is 0 Å². The second-order valence-corrected chi connectivity index (χ2v) is 5.47. The summed E-state index contributed by atoms with van der Waals surface area (Å²) in [4.78, 5) is 0. The zero-order chi connectivity index (χ0) is 12.2. The van der Waals surface area contributed by atoms with Crippen LogP contribution in [0.15, 0.2) is 12.1 Å². The van der Waals surface area contributed by atoms with Gasteiger partial charge in [0.1, 0.15) is 0 Å². The minimum absolute atomic E-state index is 0.340. The normalized spacial score (nSPS) is 19.6. The van der Waals surface area contributed by atoms with E-state index in [0.717, 1.165) is 19.3 Å². The van der Waals surface area contributed by atoms with Gasteiger partial charge in [0.2, 0.25) is 0 Å². The van der Waals surface area contributed by atoms with Crippen molar-refractivity contribution in [1.29, 1.82) is 0 Å². The number of fused-ring (bicyclic) bond motifs is 3. The van der Waals surface area contributed by atoms with Crippen molar-refractivity contribution in [2.75, 3.05) is 0 Å². The van der Waals surface area contributed by atoms with Crippen LogP contribution in [0.3, 0.4) is 0 Å². The zero-order valence-electron chi connectivity index (χ0n) is 10.9. The lowest BCUT2D eigenvalue weighted by atomic mass is 9.91. The number of hydrogen-bond donors (Lipinski definition) is 1. The van der Waals surface area contributed by atoms with E-state index < -0.39 is 0 Å². The van der Waals surface area contributed by atoms with E-state index in [2.05, 4.69) is 37.6 Å². The molecule has 0 fully saturated rings. The van der Waals surface area contributed by atoms with Crippen LogP contribution in [0.4, 0.5) is 0 Å². The molecule has 0 saturated heterocycles. The van der Waals surface area contributed by atoms with E-state index in [9.17, 15) is 0 Å². The van der Waals surface area contributed by atoms with E-state index in [1.807, 2.05) is 0 Å². The van der Waals surface area contributed by atoms with Gasteiger partial charge in [-0.05, 0) is 43.9 Å². The quantitative estimate of drug-likeness (QED) is 0.738. The second kappa shape index (κ2) is 3.61. The fourth-order valence-corrected chi connectivity index (χ4v) is 3.35. The van der Waals surface area contributed by atoms with E-state index in [1.54, 1.807) is 0 Å². The third kappa shape index (κ3) is 1.51. The van der Waals surface area contributed by atoms with Crippen LogP contribution in [0.5, 0.6) is 0 Å². The highest BCUT2D eigenvalue weighted by atomic mass is 15.0. The fraction of sp³-hybridized carbons (Fsp3) is 0.467. The Balaban J connectivity index is 2.37. The lowest BCUT2D eigenvalue weighted by Gasteiger charge is -2.19. The molecule has 0 radical (unpaired) electrons. The molecule has 0 saturated carbocycles. The van der Waals surface area contributed by atoms with Gasteiger partial charge in [0, 0.05) is 30.6 Å². The number of rotatable bonds is 0.